The molecule has 1 N–H and O–H groups in total. The molecule has 2 aliphatic rings. The first-order chi connectivity index (χ1) is 9.25. The third-order valence-corrected chi connectivity index (χ3v) is 4.02. The van der Waals surface area contributed by atoms with Gasteiger partial charge in [-0.2, -0.15) is 0 Å². The number of carbonyl (C=O) groups excluding carboxylic acids is 1. The fraction of sp³-hybridized carbons (Fsp3) is 0.929. The Morgan fingerprint density at radius 1 is 1.16 bits per heavy atom. The van der Waals surface area contributed by atoms with Gasteiger partial charge in [0, 0.05) is 45.9 Å². The molecule has 0 aromatic heterocycles. The van der Waals surface area contributed by atoms with E-state index in [9.17, 15) is 4.79 Å². The summed E-state index contributed by atoms with van der Waals surface area (Å²) < 4.78 is 10.8. The minimum Gasteiger partial charge on any atom is -0.381 e. The molecule has 2 rings (SSSR count). The van der Waals surface area contributed by atoms with Crippen LogP contribution >= 0.6 is 0 Å². The Labute approximate surface area is 115 Å². The van der Waals surface area contributed by atoms with E-state index < -0.39 is 0 Å². The van der Waals surface area contributed by atoms with Gasteiger partial charge in [-0.3, -0.25) is 0 Å². The van der Waals surface area contributed by atoms with Crippen molar-refractivity contribution in [2.45, 2.75) is 25.7 Å². The Morgan fingerprint density at radius 3 is 2.63 bits per heavy atom. The lowest BCUT2D eigenvalue weighted by atomic mass is 10.0. The zero-order valence-corrected chi connectivity index (χ0v) is 11.9. The normalized spacial score (nSPS) is 25.0. The standard InChI is InChI=1S/C14H26N2O3/c1-16(10-13-3-2-6-19-11-13)14(17)15-9-12-4-7-18-8-5-12/h12-13H,2-11H2,1H3,(H,15,17). The molecule has 0 aromatic carbocycles. The number of nitrogens with one attached hydrogen (secondary N) is 1. The lowest BCUT2D eigenvalue weighted by Crippen LogP contribution is -2.43. The first-order valence-electron chi connectivity index (χ1n) is 7.40. The van der Waals surface area contributed by atoms with E-state index in [0.717, 1.165) is 65.2 Å². The summed E-state index contributed by atoms with van der Waals surface area (Å²) in [6, 6.07) is 0.0389. The van der Waals surface area contributed by atoms with E-state index in [1.54, 1.807) is 4.90 Å². The summed E-state index contributed by atoms with van der Waals surface area (Å²) in [6.45, 7) is 4.88. The van der Waals surface area contributed by atoms with E-state index in [1.807, 2.05) is 7.05 Å². The van der Waals surface area contributed by atoms with Crippen LogP contribution in [0.2, 0.25) is 0 Å². The molecule has 1 atom stereocenters. The van der Waals surface area contributed by atoms with Gasteiger partial charge in [0.15, 0.2) is 0 Å². The molecule has 2 fully saturated rings. The van der Waals surface area contributed by atoms with Crippen LogP contribution in [-0.4, -0.2) is 57.5 Å². The monoisotopic (exact) mass is 270 g/mol. The molecule has 19 heavy (non-hydrogen) atoms. The highest BCUT2D eigenvalue weighted by molar-refractivity contribution is 5.73. The maximum Gasteiger partial charge on any atom is 0.317 e. The summed E-state index contributed by atoms with van der Waals surface area (Å²) in [6.07, 6.45) is 4.39. The number of ether oxygens (including phenoxy) is 2. The average Bonchev–Trinajstić information content (AvgIpc) is 2.47. The number of rotatable bonds is 4. The van der Waals surface area contributed by atoms with Crippen LogP contribution in [0.5, 0.6) is 0 Å². The van der Waals surface area contributed by atoms with E-state index in [4.69, 9.17) is 9.47 Å². The fourth-order valence-corrected chi connectivity index (χ4v) is 2.74. The van der Waals surface area contributed by atoms with Crippen LogP contribution in [0.1, 0.15) is 25.7 Å². The van der Waals surface area contributed by atoms with Crippen LogP contribution in [0.4, 0.5) is 4.79 Å². The maximum absolute atomic E-state index is 12.0. The Balaban J connectivity index is 1.63. The van der Waals surface area contributed by atoms with Crippen molar-refractivity contribution in [3.05, 3.63) is 0 Å². The molecule has 5 heteroatoms. The van der Waals surface area contributed by atoms with Crippen LogP contribution in [0, 0.1) is 11.8 Å². The van der Waals surface area contributed by atoms with Crippen molar-refractivity contribution < 1.29 is 14.3 Å². The Bertz CT molecular complexity index is 274. The molecule has 2 heterocycles. The Morgan fingerprint density at radius 2 is 1.95 bits per heavy atom. The van der Waals surface area contributed by atoms with Gasteiger partial charge >= 0.3 is 6.03 Å². The van der Waals surface area contributed by atoms with Crippen LogP contribution in [0.15, 0.2) is 0 Å². The van der Waals surface area contributed by atoms with E-state index in [0.29, 0.717) is 11.8 Å². The van der Waals surface area contributed by atoms with Crippen LogP contribution in [-0.2, 0) is 9.47 Å². The molecular weight excluding hydrogens is 244 g/mol. The Kier molecular flexibility index (Phi) is 5.92. The van der Waals surface area contributed by atoms with Gasteiger partial charge in [-0.15, -0.1) is 0 Å². The van der Waals surface area contributed by atoms with Crippen molar-refractivity contribution in [1.29, 1.82) is 0 Å². The second-order valence-electron chi connectivity index (χ2n) is 5.71. The van der Waals surface area contributed by atoms with Crippen molar-refractivity contribution in [1.82, 2.24) is 10.2 Å². The number of urea groups is 1. The number of amides is 2. The quantitative estimate of drug-likeness (QED) is 0.842. The van der Waals surface area contributed by atoms with Crippen LogP contribution < -0.4 is 5.32 Å². The first kappa shape index (κ1) is 14.6. The van der Waals surface area contributed by atoms with Crippen molar-refractivity contribution >= 4 is 6.03 Å². The predicted molar refractivity (Wildman–Crippen MR) is 73.1 cm³/mol. The molecule has 5 nitrogen and oxygen atoms in total. The summed E-state index contributed by atoms with van der Waals surface area (Å²) in [4.78, 5) is 13.8. The summed E-state index contributed by atoms with van der Waals surface area (Å²) >= 11 is 0. The molecule has 2 saturated heterocycles. The molecule has 0 spiro atoms. The zero-order chi connectivity index (χ0) is 13.5. The lowest BCUT2D eigenvalue weighted by molar-refractivity contribution is 0.0452. The maximum atomic E-state index is 12.0. The van der Waals surface area contributed by atoms with Crippen LogP contribution in [0.3, 0.4) is 0 Å². The minimum absolute atomic E-state index is 0.0389. The number of hydrogen-bond donors (Lipinski definition) is 1. The molecule has 0 radical (unpaired) electrons. The molecule has 0 aliphatic carbocycles. The highest BCUT2D eigenvalue weighted by Crippen LogP contribution is 2.15. The number of nitrogens with zero attached hydrogens (tertiary/aromatic N) is 1. The molecule has 0 saturated carbocycles. The average molecular weight is 270 g/mol. The van der Waals surface area contributed by atoms with Gasteiger partial charge in [0.2, 0.25) is 0 Å². The zero-order valence-electron chi connectivity index (χ0n) is 11.9. The Hall–Kier alpha value is -0.810. The van der Waals surface area contributed by atoms with Gasteiger partial charge in [0.25, 0.3) is 0 Å². The molecule has 0 bridgehead atoms. The smallest absolute Gasteiger partial charge is 0.317 e. The van der Waals surface area contributed by atoms with E-state index in [1.165, 1.54) is 0 Å². The van der Waals surface area contributed by atoms with Gasteiger partial charge in [-0.1, -0.05) is 0 Å². The molecule has 110 valence electrons. The minimum atomic E-state index is 0.0389. The van der Waals surface area contributed by atoms with Gasteiger partial charge in [0.05, 0.1) is 6.61 Å². The number of hydrogen-bond acceptors (Lipinski definition) is 3. The molecule has 1 unspecified atom stereocenters. The van der Waals surface area contributed by atoms with Crippen molar-refractivity contribution in [3.63, 3.8) is 0 Å². The first-order valence-corrected chi connectivity index (χ1v) is 7.40. The van der Waals surface area contributed by atoms with Crippen molar-refractivity contribution in [2.75, 3.05) is 46.6 Å². The van der Waals surface area contributed by atoms with Crippen LogP contribution in [0.25, 0.3) is 0 Å². The molecule has 2 amide bonds. The van der Waals surface area contributed by atoms with Gasteiger partial charge in [-0.25, -0.2) is 4.79 Å². The number of carbonyl (C=O) groups is 1. The van der Waals surface area contributed by atoms with Gasteiger partial charge in [0.1, 0.15) is 0 Å². The molecule has 2 aliphatic heterocycles. The second kappa shape index (κ2) is 7.70. The largest absolute Gasteiger partial charge is 0.381 e. The summed E-state index contributed by atoms with van der Waals surface area (Å²) in [5.74, 6) is 1.07. The summed E-state index contributed by atoms with van der Waals surface area (Å²) in [5.41, 5.74) is 0. The molecular formula is C14H26N2O3. The highest BCUT2D eigenvalue weighted by Gasteiger charge is 2.20. The van der Waals surface area contributed by atoms with Gasteiger partial charge in [-0.05, 0) is 31.6 Å². The third-order valence-electron chi connectivity index (χ3n) is 4.02. The summed E-state index contributed by atoms with van der Waals surface area (Å²) in [7, 11) is 1.87. The van der Waals surface area contributed by atoms with Crippen molar-refractivity contribution in [3.8, 4) is 0 Å². The predicted octanol–water partition coefficient (Wildman–Crippen LogP) is 1.48. The SMILES string of the molecule is CN(CC1CCCOC1)C(=O)NCC1CCOCC1. The third kappa shape index (κ3) is 4.99. The summed E-state index contributed by atoms with van der Waals surface area (Å²) in [5, 5.41) is 3.03. The highest BCUT2D eigenvalue weighted by atomic mass is 16.5. The topological polar surface area (TPSA) is 50.8 Å². The van der Waals surface area contributed by atoms with E-state index in [2.05, 4.69) is 5.32 Å². The lowest BCUT2D eigenvalue weighted by Gasteiger charge is -2.28. The van der Waals surface area contributed by atoms with E-state index >= 15 is 0 Å². The molecule has 0 aromatic rings. The van der Waals surface area contributed by atoms with Crippen molar-refractivity contribution in [2.24, 2.45) is 11.8 Å². The van der Waals surface area contributed by atoms with E-state index in [-0.39, 0.29) is 6.03 Å². The van der Waals surface area contributed by atoms with Gasteiger partial charge < -0.3 is 19.7 Å². The fourth-order valence-electron chi connectivity index (χ4n) is 2.74. The second-order valence-corrected chi connectivity index (χ2v) is 5.71.